The highest BCUT2D eigenvalue weighted by atomic mass is 16.2. The molecule has 0 saturated heterocycles. The fraction of sp³-hybridized carbons (Fsp3) is 0.0667. The number of benzene rings is 20. The highest BCUT2D eigenvalue weighted by Gasteiger charge is 2.43. The number of para-hydroxylation sites is 1. The van der Waals surface area contributed by atoms with E-state index in [2.05, 4.69) is 276 Å². The Morgan fingerprint density at radius 1 is 0.150 bits per heavy atom. The highest BCUT2D eigenvalue weighted by molar-refractivity contribution is 6.38. The van der Waals surface area contributed by atoms with Crippen LogP contribution in [0.3, 0.4) is 0 Å². The molecule has 12 heteroatoms. The van der Waals surface area contributed by atoms with Crippen LogP contribution in [0, 0.1) is 62.3 Å². The van der Waals surface area contributed by atoms with Crippen molar-refractivity contribution in [3.63, 3.8) is 0 Å². The summed E-state index contributed by atoms with van der Waals surface area (Å²) in [5.41, 5.74) is 40.4. The summed E-state index contributed by atoms with van der Waals surface area (Å²) in [5, 5.41) is 6.52. The van der Waals surface area contributed by atoms with Crippen molar-refractivity contribution in [3.8, 4) is 106 Å². The first kappa shape index (κ1) is 90.8. The molecule has 0 aliphatic carbocycles. The van der Waals surface area contributed by atoms with Gasteiger partial charge in [0.05, 0.1) is 101 Å². The van der Waals surface area contributed by atoms with E-state index in [1.807, 2.05) is 212 Å². The number of amides is 6. The zero-order chi connectivity index (χ0) is 100. The first-order valence-electron chi connectivity index (χ1n) is 49.7. The second-order valence-electron chi connectivity index (χ2n) is 39.0. The van der Waals surface area contributed by atoms with E-state index in [0.717, 1.165) is 138 Å². The molecule has 12 nitrogen and oxygen atoms in total. The van der Waals surface area contributed by atoms with E-state index < -0.39 is 0 Å². The molecule has 3 aliphatic heterocycles. The summed E-state index contributed by atoms with van der Waals surface area (Å²) in [5.74, 6) is -1.92. The predicted molar refractivity (Wildman–Crippen MR) is 601 cm³/mol. The van der Waals surface area contributed by atoms with E-state index in [9.17, 15) is 28.8 Å². The minimum absolute atomic E-state index is 0.310. The number of imide groups is 3. The first-order chi connectivity index (χ1) is 71.6. The minimum Gasteiger partial charge on any atom is -0.308 e. The van der Waals surface area contributed by atoms with Crippen LogP contribution < -0.4 is 14.7 Å². The lowest BCUT2D eigenvalue weighted by molar-refractivity contribution is 0.0910. The van der Waals surface area contributed by atoms with Crippen LogP contribution in [-0.4, -0.2) is 49.1 Å². The first-order valence-corrected chi connectivity index (χ1v) is 49.7. The summed E-state index contributed by atoms with van der Waals surface area (Å²) in [6.45, 7) is 19.2. The molecule has 0 atom stereocenters. The monoisotopic (exact) mass is 1900 g/mol. The van der Waals surface area contributed by atoms with Crippen LogP contribution in [0.5, 0.6) is 0 Å². The smallest absolute Gasteiger partial charge is 0.268 e. The van der Waals surface area contributed by atoms with Crippen molar-refractivity contribution in [2.75, 3.05) is 14.7 Å². The van der Waals surface area contributed by atoms with Gasteiger partial charge in [0.25, 0.3) is 35.4 Å². The molecular weight excluding hydrogens is 1800 g/mol. The van der Waals surface area contributed by atoms with Crippen molar-refractivity contribution < 1.29 is 28.8 Å². The summed E-state index contributed by atoms with van der Waals surface area (Å²) >= 11 is 0. The highest BCUT2D eigenvalue weighted by Crippen LogP contribution is 2.48. The Hall–Kier alpha value is -18.8. The molecule has 0 saturated carbocycles. The molecule has 0 fully saturated rings. The van der Waals surface area contributed by atoms with Gasteiger partial charge in [0.15, 0.2) is 0 Å². The maximum Gasteiger partial charge on any atom is 0.268 e. The van der Waals surface area contributed by atoms with Crippen molar-refractivity contribution in [2.24, 2.45) is 0 Å². The number of carbonyl (C=O) groups excluding carboxylic acids is 6. The van der Waals surface area contributed by atoms with Gasteiger partial charge in [0, 0.05) is 32.3 Å². The standard InChI is InChI=1S/C48H36N2O2.C47H34N2O2.C40H28N2O2/c1-29-16-20-38(31(3)24-29)35-18-22-43-41(27-35)42-28-36(39-21-17-30(2)25-32(39)4)19-23-44(42)50(43)45-15-9-14-40-46(45)48(52)49(47(40)51)37-13-8-12-34(26-37)33-10-6-5-7-11-33;1-29-19-22-38(31(3)25-29)35-21-24-40-39-23-20-34(37-16-8-7-11-30(37)2)27-43(39)49(44(40)28-35)42-18-10-17-41-45(42)47(51)48(46(41)50)36-15-9-14-33(26-36)32-12-5-4-6-13-32;1-25-18-20-31(26(2)22-25)29-19-21-36-34(24-29)32-14-6-7-16-35(32)42(36)37-17-9-15-33-38(37)40(44)41(39(33)43)30-13-8-12-28(23-30)27-10-4-3-5-11-27/h5-28H,1-4H3;4-28H,1-3H3;3-24H,1-2H3. The zero-order valence-electron chi connectivity index (χ0n) is 82.6. The second-order valence-corrected chi connectivity index (χ2v) is 39.0. The lowest BCUT2D eigenvalue weighted by atomic mass is 9.95. The van der Waals surface area contributed by atoms with Gasteiger partial charge < -0.3 is 13.7 Å². The van der Waals surface area contributed by atoms with Crippen LogP contribution >= 0.6 is 0 Å². The average Bonchev–Trinajstić information content (AvgIpc) is 1.55. The van der Waals surface area contributed by atoms with E-state index in [-0.39, 0.29) is 35.4 Å². The summed E-state index contributed by atoms with van der Waals surface area (Å²) < 4.78 is 6.48. The molecule has 6 amide bonds. The topological polar surface area (TPSA) is 127 Å². The largest absolute Gasteiger partial charge is 0.308 e. The van der Waals surface area contributed by atoms with Gasteiger partial charge in [-0.1, -0.05) is 326 Å². The van der Waals surface area contributed by atoms with Crippen molar-refractivity contribution in [3.05, 3.63) is 514 Å². The number of anilines is 3. The Kier molecular flexibility index (Phi) is 22.6. The van der Waals surface area contributed by atoms with Crippen molar-refractivity contribution in [1.29, 1.82) is 0 Å². The number of carbonyl (C=O) groups is 6. The van der Waals surface area contributed by atoms with Crippen LogP contribution in [0.4, 0.5) is 17.1 Å². The quantitative estimate of drug-likeness (QED) is 0.0998. The molecule has 23 aromatic rings. The Morgan fingerprint density at radius 2 is 0.408 bits per heavy atom. The molecule has 6 heterocycles. The van der Waals surface area contributed by atoms with Crippen LogP contribution in [0.2, 0.25) is 0 Å². The summed E-state index contributed by atoms with van der Waals surface area (Å²) in [6.07, 6.45) is 0. The van der Waals surface area contributed by atoms with E-state index in [1.54, 1.807) is 18.2 Å². The van der Waals surface area contributed by atoms with Crippen LogP contribution in [-0.2, 0) is 0 Å². The third-order valence-corrected chi connectivity index (χ3v) is 29.5. The molecule has 0 radical (unpaired) electrons. The number of fused-ring (bicyclic) bond motifs is 12. The van der Waals surface area contributed by atoms with E-state index in [0.29, 0.717) is 67.5 Å². The Morgan fingerprint density at radius 3 is 0.748 bits per heavy atom. The molecule has 704 valence electrons. The summed E-state index contributed by atoms with van der Waals surface area (Å²) in [7, 11) is 0. The van der Waals surface area contributed by atoms with Gasteiger partial charge in [-0.25, -0.2) is 14.7 Å². The third-order valence-electron chi connectivity index (χ3n) is 29.5. The number of aromatic nitrogens is 3. The molecule has 0 unspecified atom stereocenters. The Bertz CT molecular complexity index is 9400. The fourth-order valence-electron chi connectivity index (χ4n) is 22.5. The van der Waals surface area contributed by atoms with Crippen molar-refractivity contribution in [2.45, 2.75) is 62.3 Å². The molecule has 3 aliphatic rings. The Balaban J connectivity index is 0.000000118. The van der Waals surface area contributed by atoms with Crippen LogP contribution in [0.15, 0.2) is 431 Å². The van der Waals surface area contributed by atoms with Gasteiger partial charge in [-0.2, -0.15) is 0 Å². The Labute approximate surface area is 851 Å². The van der Waals surface area contributed by atoms with Crippen molar-refractivity contribution >= 4 is 118 Å². The number of rotatable bonds is 14. The molecule has 0 bridgehead atoms. The molecule has 147 heavy (non-hydrogen) atoms. The fourth-order valence-corrected chi connectivity index (χ4v) is 22.5. The number of hydrogen-bond acceptors (Lipinski definition) is 6. The molecule has 3 aromatic heterocycles. The van der Waals surface area contributed by atoms with Crippen LogP contribution in [0.25, 0.3) is 171 Å². The van der Waals surface area contributed by atoms with Gasteiger partial charge in [-0.15, -0.1) is 0 Å². The van der Waals surface area contributed by atoms with Gasteiger partial charge in [-0.3, -0.25) is 28.8 Å². The third kappa shape index (κ3) is 15.7. The molecule has 26 rings (SSSR count). The average molecular weight is 1900 g/mol. The van der Waals surface area contributed by atoms with Gasteiger partial charge >= 0.3 is 0 Å². The zero-order valence-corrected chi connectivity index (χ0v) is 82.6. The number of aryl methyl sites for hydroxylation is 9. The maximum atomic E-state index is 14.6. The van der Waals surface area contributed by atoms with Crippen LogP contribution in [0.1, 0.15) is 112 Å². The summed E-state index contributed by atoms with van der Waals surface area (Å²) in [6, 6.07) is 145. The van der Waals surface area contributed by atoms with E-state index in [4.69, 9.17) is 0 Å². The second kappa shape index (κ2) is 36.6. The normalized spacial score (nSPS) is 12.7. The summed E-state index contributed by atoms with van der Waals surface area (Å²) in [4.78, 5) is 89.5. The minimum atomic E-state index is -0.327. The SMILES string of the molecule is Cc1ccc(-c2ccc3c(c2)c2cc(-c4ccc(C)cc4C)ccc2n3-c2cccc3c2C(=O)N(c2cccc(-c4ccccc4)c2)C3=O)c(C)c1.Cc1ccc(-c2ccc3c(c2)c2ccccc2n3-c2cccc3c2C(=O)N(c2cccc(-c4ccccc4)c2)C3=O)c(C)c1.Cc1ccc(-c2ccc3c4ccc(-c5ccccc5C)cc4n(-c4cccc5c4C(=O)N(c4cccc(-c6ccccc6)c4)C5=O)c3c2)c(C)c1. The number of nitrogens with zero attached hydrogens (tertiary/aromatic N) is 6. The molecular formula is C135H98N6O6. The number of hydrogen-bond donors (Lipinski definition) is 0. The van der Waals surface area contributed by atoms with E-state index in [1.165, 1.54) is 81.5 Å². The van der Waals surface area contributed by atoms with E-state index >= 15 is 0 Å². The predicted octanol–water partition coefficient (Wildman–Crippen LogP) is 32.9. The molecule has 0 N–H and O–H groups in total. The van der Waals surface area contributed by atoms with Gasteiger partial charge in [-0.05, 0) is 307 Å². The van der Waals surface area contributed by atoms with Crippen molar-refractivity contribution in [1.82, 2.24) is 13.7 Å². The molecule has 0 spiro atoms. The van der Waals surface area contributed by atoms with Gasteiger partial charge in [0.1, 0.15) is 0 Å². The maximum absolute atomic E-state index is 14.6. The molecule has 20 aromatic carbocycles. The lowest BCUT2D eigenvalue weighted by Gasteiger charge is -2.16. The van der Waals surface area contributed by atoms with Gasteiger partial charge in [0.2, 0.25) is 0 Å². The lowest BCUT2D eigenvalue weighted by Crippen LogP contribution is -2.29.